The predicted molar refractivity (Wildman–Crippen MR) is 52.2 cm³/mol. The third-order valence-corrected chi connectivity index (χ3v) is 0.964. The van der Waals surface area contributed by atoms with Gasteiger partial charge in [0.05, 0.1) is 7.39 Å². The highest BCUT2D eigenvalue weighted by Gasteiger charge is 2.18. The molecule has 1 atom stereocenters. The summed E-state index contributed by atoms with van der Waals surface area (Å²) in [5, 5.41) is 0. The molecule has 5 heteroatoms. The van der Waals surface area contributed by atoms with Gasteiger partial charge in [-0.25, -0.2) is 0 Å². The van der Waals surface area contributed by atoms with Crippen LogP contribution in [0.1, 0.15) is 40.4 Å². The van der Waals surface area contributed by atoms with Gasteiger partial charge < -0.3 is 16.2 Å². The van der Waals surface area contributed by atoms with Crippen LogP contribution in [0.3, 0.4) is 0 Å². The molecule has 4 N–H and O–H groups in total. The smallest absolute Gasteiger partial charge is 0.306 e. The van der Waals surface area contributed by atoms with Crippen molar-refractivity contribution in [3.05, 3.63) is 0 Å². The Bertz CT molecular complexity index is 390. The fraction of sp³-hybridized carbons (Fsp3) is 0.778. The lowest BCUT2D eigenvalue weighted by molar-refractivity contribution is -0.155. The van der Waals surface area contributed by atoms with Crippen LogP contribution in [0, 0.1) is 0 Å². The Hall–Kier alpha value is -1.10. The Balaban J connectivity index is 5.52. The van der Waals surface area contributed by atoms with Crippen LogP contribution < -0.4 is 11.5 Å². The molecule has 0 aromatic heterocycles. The maximum Gasteiger partial charge on any atom is 0.306 e. The summed E-state index contributed by atoms with van der Waals surface area (Å²) in [6.45, 7) is 4.38. The van der Waals surface area contributed by atoms with Gasteiger partial charge in [-0.05, 0) is 27.1 Å². The number of esters is 1. The quantitative estimate of drug-likeness (QED) is 0.630. The van der Waals surface area contributed by atoms with Crippen molar-refractivity contribution in [3.63, 3.8) is 0 Å². The second-order valence-electron chi connectivity index (χ2n) is 3.53. The van der Waals surface area contributed by atoms with Gasteiger partial charge in [0, 0.05) is 11.9 Å². The van der Waals surface area contributed by atoms with Crippen molar-refractivity contribution in [2.75, 3.05) is 0 Å². The standard InChI is InChI=1S/C9H18N2O3/c1-9(2,3)14-7(12)5-4-6(10)8(11)13/h6H,4-5,10H2,1-3H3,(H2,11,13)/i4D2,5D2,6D. The highest BCUT2D eigenvalue weighted by atomic mass is 16.6. The molecule has 0 aliphatic heterocycles. The van der Waals surface area contributed by atoms with E-state index in [9.17, 15) is 9.59 Å². The summed E-state index contributed by atoms with van der Waals surface area (Å²) in [6.07, 6.45) is -6.68. The average Bonchev–Trinajstić information content (AvgIpc) is 2.13. The molecular weight excluding hydrogens is 184 g/mol. The topological polar surface area (TPSA) is 95.4 Å². The summed E-state index contributed by atoms with van der Waals surface area (Å²) >= 11 is 0. The highest BCUT2D eigenvalue weighted by Crippen LogP contribution is 2.09. The second-order valence-corrected chi connectivity index (χ2v) is 3.53. The Morgan fingerprint density at radius 2 is 2.07 bits per heavy atom. The van der Waals surface area contributed by atoms with Crippen LogP contribution in [0.5, 0.6) is 0 Å². The summed E-state index contributed by atoms with van der Waals surface area (Å²) < 4.78 is 42.0. The van der Waals surface area contributed by atoms with Crippen LogP contribution in [0.2, 0.25) is 0 Å². The van der Waals surface area contributed by atoms with Crippen molar-refractivity contribution >= 4 is 11.9 Å². The first kappa shape index (κ1) is 6.40. The molecule has 0 aliphatic rings. The van der Waals surface area contributed by atoms with Crippen LogP contribution in [0.15, 0.2) is 0 Å². The molecule has 0 aromatic rings. The molecule has 0 rings (SSSR count). The number of rotatable bonds is 4. The van der Waals surface area contributed by atoms with Crippen molar-refractivity contribution in [2.24, 2.45) is 11.5 Å². The van der Waals surface area contributed by atoms with Gasteiger partial charge in [-0.15, -0.1) is 0 Å². The van der Waals surface area contributed by atoms with Gasteiger partial charge in [-0.1, -0.05) is 0 Å². The third kappa shape index (κ3) is 6.42. The molecular formula is C9H18N2O3. The van der Waals surface area contributed by atoms with E-state index in [4.69, 9.17) is 23.1 Å². The lowest BCUT2D eigenvalue weighted by Gasteiger charge is -2.19. The fourth-order valence-electron chi connectivity index (χ4n) is 0.484. The number of ether oxygens (including phenoxy) is 1. The van der Waals surface area contributed by atoms with Crippen molar-refractivity contribution in [2.45, 2.75) is 45.1 Å². The van der Waals surface area contributed by atoms with Gasteiger partial charge in [-0.2, -0.15) is 0 Å². The Kier molecular flexibility index (Phi) is 2.26. The Morgan fingerprint density at radius 3 is 2.43 bits per heavy atom. The number of hydrogen-bond donors (Lipinski definition) is 2. The van der Waals surface area contributed by atoms with Crippen molar-refractivity contribution < 1.29 is 21.2 Å². The molecule has 0 bridgehead atoms. The largest absolute Gasteiger partial charge is 0.460 e. The van der Waals surface area contributed by atoms with Gasteiger partial charge in [0.2, 0.25) is 5.91 Å². The summed E-state index contributed by atoms with van der Waals surface area (Å²) in [4.78, 5) is 22.6. The molecule has 1 amide bonds. The normalized spacial score (nSPS) is 23.0. The van der Waals surface area contributed by atoms with Gasteiger partial charge in [0.15, 0.2) is 0 Å². The lowest BCUT2D eigenvalue weighted by atomic mass is 10.1. The third-order valence-electron chi connectivity index (χ3n) is 0.964. The van der Waals surface area contributed by atoms with Crippen LogP contribution in [0.4, 0.5) is 0 Å². The van der Waals surface area contributed by atoms with Crippen LogP contribution in [-0.4, -0.2) is 23.5 Å². The highest BCUT2D eigenvalue weighted by molar-refractivity contribution is 5.80. The zero-order valence-corrected chi connectivity index (χ0v) is 8.38. The van der Waals surface area contributed by atoms with Crippen LogP contribution in [0.25, 0.3) is 0 Å². The Labute approximate surface area is 90.8 Å². The van der Waals surface area contributed by atoms with Gasteiger partial charge in [-0.3, -0.25) is 9.59 Å². The summed E-state index contributed by atoms with van der Waals surface area (Å²) in [7, 11) is 0. The lowest BCUT2D eigenvalue weighted by Crippen LogP contribution is -2.37. The average molecular weight is 207 g/mol. The van der Waals surface area contributed by atoms with Crippen LogP contribution in [-0.2, 0) is 14.3 Å². The van der Waals surface area contributed by atoms with Crippen molar-refractivity contribution in [1.82, 2.24) is 0 Å². The molecule has 0 heterocycles. The summed E-state index contributed by atoms with van der Waals surface area (Å²) in [5.41, 5.74) is 8.80. The number of nitrogens with two attached hydrogens (primary N) is 2. The fourth-order valence-corrected chi connectivity index (χ4v) is 0.484. The summed E-state index contributed by atoms with van der Waals surface area (Å²) in [5.74, 6) is -3.15. The molecule has 0 spiro atoms. The monoisotopic (exact) mass is 207 g/mol. The number of carbonyl (C=O) groups excluding carboxylic acids is 2. The molecule has 1 unspecified atom stereocenters. The van der Waals surface area contributed by atoms with E-state index >= 15 is 0 Å². The maximum absolute atomic E-state index is 11.7. The molecule has 0 aromatic carbocycles. The number of hydrogen-bond acceptors (Lipinski definition) is 4. The second kappa shape index (κ2) is 4.95. The van der Waals surface area contributed by atoms with E-state index in [1.54, 1.807) is 0 Å². The van der Waals surface area contributed by atoms with Crippen molar-refractivity contribution in [1.29, 1.82) is 0 Å². The van der Waals surface area contributed by atoms with E-state index in [2.05, 4.69) is 0 Å². The van der Waals surface area contributed by atoms with E-state index in [0.29, 0.717) is 0 Å². The minimum absolute atomic E-state index is 1.06. The summed E-state index contributed by atoms with van der Waals surface area (Å²) in [6, 6.07) is -3.12. The van der Waals surface area contributed by atoms with E-state index in [0.717, 1.165) is 0 Å². The first-order valence-corrected chi connectivity index (χ1v) is 3.89. The molecule has 0 aliphatic carbocycles. The van der Waals surface area contributed by atoms with E-state index < -0.39 is 36.2 Å². The predicted octanol–water partition coefficient (Wildman–Crippen LogP) is -0.0791. The number of primary amides is 1. The maximum atomic E-state index is 11.7. The molecule has 0 saturated heterocycles. The zero-order valence-electron chi connectivity index (χ0n) is 13.4. The van der Waals surface area contributed by atoms with Gasteiger partial charge in [0.1, 0.15) is 5.60 Å². The first-order chi connectivity index (χ1) is 8.07. The molecule has 0 saturated carbocycles. The van der Waals surface area contributed by atoms with E-state index in [-0.39, 0.29) is 0 Å². The molecule has 0 radical (unpaired) electrons. The van der Waals surface area contributed by atoms with E-state index in [1.807, 2.05) is 0 Å². The molecule has 14 heavy (non-hydrogen) atoms. The number of carbonyl (C=O) groups is 2. The van der Waals surface area contributed by atoms with Crippen LogP contribution >= 0.6 is 0 Å². The molecule has 5 nitrogen and oxygen atoms in total. The first-order valence-electron chi connectivity index (χ1n) is 6.39. The zero-order chi connectivity index (χ0) is 15.9. The van der Waals surface area contributed by atoms with Crippen molar-refractivity contribution in [3.8, 4) is 0 Å². The minimum Gasteiger partial charge on any atom is -0.460 e. The Morgan fingerprint density at radius 1 is 1.57 bits per heavy atom. The minimum atomic E-state index is -3.37. The molecule has 82 valence electrons. The van der Waals surface area contributed by atoms with Gasteiger partial charge in [0.25, 0.3) is 0 Å². The van der Waals surface area contributed by atoms with Gasteiger partial charge >= 0.3 is 5.97 Å². The van der Waals surface area contributed by atoms with E-state index in [1.165, 1.54) is 20.8 Å². The molecule has 0 fully saturated rings. The SMILES string of the molecule is [2H]C([2H])(C(=O)OC(C)(C)C)C([2H])([2H])C([2H])(N)C(N)=O. The number of amides is 1.